The molecule has 0 radical (unpaired) electrons. The van der Waals surface area contributed by atoms with Gasteiger partial charge in [-0.25, -0.2) is 22.4 Å². The number of likely N-dealkylation sites (N-methyl/N-ethyl adjacent to an activating group) is 1. The molecule has 0 bridgehead atoms. The van der Waals surface area contributed by atoms with Crippen LogP contribution in [0.3, 0.4) is 0 Å². The Bertz CT molecular complexity index is 1850. The third-order valence-corrected chi connectivity index (χ3v) is 12.5. The maximum atomic E-state index is 14.4. The zero-order chi connectivity index (χ0) is 38.9. The number of carbonyl (C=O) groups excluding carboxylic acids is 6. The summed E-state index contributed by atoms with van der Waals surface area (Å²) in [6.07, 6.45) is 2.98. The summed E-state index contributed by atoms with van der Waals surface area (Å²) >= 11 is 0. The molecule has 1 aromatic carbocycles. The van der Waals surface area contributed by atoms with Gasteiger partial charge in [0, 0.05) is 31.5 Å². The average molecular weight is 773 g/mol. The van der Waals surface area contributed by atoms with E-state index in [9.17, 15) is 41.6 Å². The summed E-state index contributed by atoms with van der Waals surface area (Å²) in [5.41, 5.74) is -0.716. The van der Waals surface area contributed by atoms with Gasteiger partial charge in [-0.3, -0.25) is 28.8 Å². The number of ether oxygens (including phenoxy) is 2. The number of hydrogen-bond acceptors (Lipinski definition) is 10. The maximum absolute atomic E-state index is 14.4. The molecule has 292 valence electrons. The number of rotatable bonds is 13. The molecule has 0 aromatic heterocycles. The number of fused-ring (bicyclic) bond motifs is 1. The second-order valence-corrected chi connectivity index (χ2v) is 16.6. The van der Waals surface area contributed by atoms with Gasteiger partial charge in [0.05, 0.1) is 24.9 Å². The highest BCUT2D eigenvalue weighted by Gasteiger charge is 2.62. The third-order valence-electron chi connectivity index (χ3n) is 10.7. The van der Waals surface area contributed by atoms with E-state index in [0.29, 0.717) is 36.8 Å². The molecular formula is C36H45FN6O10S. The summed E-state index contributed by atoms with van der Waals surface area (Å²) in [4.78, 5) is 84.4. The standard InChI is InChI=1S/C36H45FN6O10S/c1-4-22-16-36(22,33(47)40-54(50,51)25-13-14-25)39-31(45)29-15-24(53-35(49)42-17-21-9-8-12-27(37)26(21)19-42)18-43(29)32(46)28(20-41(3)30(44)5-2)38-34(48)52-23-10-6-7-11-23/h4-5,8-9,12,22-25,28-29H,1-2,6-7,10-11,13-20H2,3H3,(H,38,48)(H,39,45)(H,40,47)/t22-,24-,28+,29+,36-/m1/s1. The van der Waals surface area contributed by atoms with Crippen LogP contribution in [0.1, 0.15) is 62.5 Å². The van der Waals surface area contributed by atoms with E-state index in [2.05, 4.69) is 28.5 Å². The van der Waals surface area contributed by atoms with E-state index < -0.39 is 86.6 Å². The highest BCUT2D eigenvalue weighted by molar-refractivity contribution is 7.91. The fraction of sp³-hybridized carbons (Fsp3) is 0.556. The van der Waals surface area contributed by atoms with Crippen LogP contribution in [0.25, 0.3) is 0 Å². The van der Waals surface area contributed by atoms with Crippen LogP contribution in [0.4, 0.5) is 14.0 Å². The molecule has 18 heteroatoms. The Hall–Kier alpha value is -5.00. The molecular weight excluding hydrogens is 727 g/mol. The molecule has 5 atom stereocenters. The van der Waals surface area contributed by atoms with E-state index in [-0.39, 0.29) is 45.1 Å². The van der Waals surface area contributed by atoms with Crippen LogP contribution in [0.2, 0.25) is 0 Å². The summed E-state index contributed by atoms with van der Waals surface area (Å²) < 4.78 is 53.1. The van der Waals surface area contributed by atoms with Gasteiger partial charge < -0.3 is 29.9 Å². The summed E-state index contributed by atoms with van der Waals surface area (Å²) in [6.45, 7) is 6.53. The lowest BCUT2D eigenvalue weighted by atomic mass is 10.1. The largest absolute Gasteiger partial charge is 0.446 e. The Morgan fingerprint density at radius 3 is 2.41 bits per heavy atom. The molecule has 3 saturated carbocycles. The first-order chi connectivity index (χ1) is 25.6. The summed E-state index contributed by atoms with van der Waals surface area (Å²) in [7, 11) is -2.58. The van der Waals surface area contributed by atoms with E-state index in [1.165, 1.54) is 30.2 Å². The molecule has 6 amide bonds. The Balaban J connectivity index is 1.23. The van der Waals surface area contributed by atoms with Crippen LogP contribution >= 0.6 is 0 Å². The van der Waals surface area contributed by atoms with Gasteiger partial charge in [0.15, 0.2) is 0 Å². The summed E-state index contributed by atoms with van der Waals surface area (Å²) in [6, 6.07) is 1.70. The van der Waals surface area contributed by atoms with E-state index in [1.807, 2.05) is 0 Å². The van der Waals surface area contributed by atoms with Crippen molar-refractivity contribution in [3.8, 4) is 0 Å². The first kappa shape index (κ1) is 38.7. The fourth-order valence-electron chi connectivity index (χ4n) is 7.36. The molecule has 5 aliphatic rings. The SMILES string of the molecule is C=CC(=O)N(C)C[C@H](NC(=O)OC1CCCC1)C(=O)N1C[C@H](OC(=O)N2Cc3cccc(F)c3C2)C[C@H]1C(=O)N[C@]1(C(=O)NS(=O)(=O)C2CC2)C[C@H]1C=C. The van der Waals surface area contributed by atoms with Crippen molar-refractivity contribution >= 4 is 45.8 Å². The first-order valence-electron chi connectivity index (χ1n) is 18.0. The molecule has 2 aliphatic heterocycles. The Labute approximate surface area is 312 Å². The van der Waals surface area contributed by atoms with Gasteiger partial charge in [-0.1, -0.05) is 24.8 Å². The van der Waals surface area contributed by atoms with Crippen molar-refractivity contribution in [2.45, 2.75) is 99.5 Å². The van der Waals surface area contributed by atoms with Crippen LogP contribution in [-0.4, -0.2) is 114 Å². The van der Waals surface area contributed by atoms with E-state index in [4.69, 9.17) is 9.47 Å². The molecule has 0 unspecified atom stereocenters. The normalized spacial score (nSPS) is 25.2. The number of likely N-dealkylation sites (tertiary alicyclic amines) is 1. The number of benzene rings is 1. The number of carbonyl (C=O) groups is 6. The lowest BCUT2D eigenvalue weighted by Crippen LogP contribution is -2.59. The summed E-state index contributed by atoms with van der Waals surface area (Å²) in [5.74, 6) is -4.24. The number of hydrogen-bond donors (Lipinski definition) is 3. The number of halogens is 1. The highest BCUT2D eigenvalue weighted by Crippen LogP contribution is 2.45. The highest BCUT2D eigenvalue weighted by atomic mass is 32.2. The van der Waals surface area contributed by atoms with E-state index in [0.717, 1.165) is 28.7 Å². The van der Waals surface area contributed by atoms with Crippen LogP contribution in [0, 0.1) is 11.7 Å². The van der Waals surface area contributed by atoms with Crippen LogP contribution < -0.4 is 15.4 Å². The smallest absolute Gasteiger partial charge is 0.410 e. The Kier molecular flexibility index (Phi) is 11.0. The zero-order valence-electron chi connectivity index (χ0n) is 30.0. The van der Waals surface area contributed by atoms with Crippen molar-refractivity contribution in [3.05, 3.63) is 60.5 Å². The molecule has 6 rings (SSSR count). The van der Waals surface area contributed by atoms with Gasteiger partial charge >= 0.3 is 12.2 Å². The minimum atomic E-state index is -3.97. The van der Waals surface area contributed by atoms with Crippen LogP contribution in [0.5, 0.6) is 0 Å². The molecule has 54 heavy (non-hydrogen) atoms. The lowest BCUT2D eigenvalue weighted by Gasteiger charge is -2.31. The van der Waals surface area contributed by atoms with Gasteiger partial charge in [0.1, 0.15) is 35.6 Å². The van der Waals surface area contributed by atoms with Gasteiger partial charge in [-0.15, -0.1) is 6.58 Å². The molecule has 4 fully saturated rings. The van der Waals surface area contributed by atoms with Crippen LogP contribution in [-0.2, 0) is 51.8 Å². The van der Waals surface area contributed by atoms with E-state index >= 15 is 0 Å². The molecule has 1 aromatic rings. The second-order valence-electron chi connectivity index (χ2n) is 14.6. The predicted molar refractivity (Wildman–Crippen MR) is 189 cm³/mol. The minimum absolute atomic E-state index is 0.0467. The topological polar surface area (TPSA) is 201 Å². The van der Waals surface area contributed by atoms with Crippen molar-refractivity contribution < 1.29 is 51.0 Å². The van der Waals surface area contributed by atoms with Gasteiger partial charge in [-0.2, -0.15) is 0 Å². The monoisotopic (exact) mass is 772 g/mol. The number of alkyl carbamates (subject to hydrolysis) is 1. The minimum Gasteiger partial charge on any atom is -0.446 e. The molecule has 1 saturated heterocycles. The maximum Gasteiger partial charge on any atom is 0.410 e. The average Bonchev–Trinajstić information content (AvgIpc) is 3.93. The number of nitrogens with one attached hydrogen (secondary N) is 3. The van der Waals surface area contributed by atoms with Crippen molar-refractivity contribution in [1.82, 2.24) is 30.1 Å². The van der Waals surface area contributed by atoms with Gasteiger partial charge in [0.2, 0.25) is 27.7 Å². The quantitative estimate of drug-likeness (QED) is 0.195. The van der Waals surface area contributed by atoms with Crippen molar-refractivity contribution in [1.29, 1.82) is 0 Å². The Morgan fingerprint density at radius 1 is 1.06 bits per heavy atom. The molecule has 16 nitrogen and oxygen atoms in total. The van der Waals surface area contributed by atoms with E-state index in [1.54, 1.807) is 6.07 Å². The van der Waals surface area contributed by atoms with Crippen molar-refractivity contribution in [3.63, 3.8) is 0 Å². The predicted octanol–water partition coefficient (Wildman–Crippen LogP) is 1.60. The number of sulfonamides is 1. The second kappa shape index (κ2) is 15.4. The van der Waals surface area contributed by atoms with Gasteiger partial charge in [-0.05, 0) is 62.7 Å². The molecule has 3 aliphatic carbocycles. The Morgan fingerprint density at radius 2 is 1.78 bits per heavy atom. The molecule has 3 N–H and O–H groups in total. The first-order valence-corrected chi connectivity index (χ1v) is 19.6. The third kappa shape index (κ3) is 8.22. The zero-order valence-corrected chi connectivity index (χ0v) is 30.8. The fourth-order valence-corrected chi connectivity index (χ4v) is 8.72. The van der Waals surface area contributed by atoms with Crippen LogP contribution in [0.15, 0.2) is 43.5 Å². The molecule has 2 heterocycles. The summed E-state index contributed by atoms with van der Waals surface area (Å²) in [5, 5.41) is 4.49. The number of nitrogens with zero attached hydrogens (tertiary/aromatic N) is 3. The molecule has 0 spiro atoms. The van der Waals surface area contributed by atoms with Gasteiger partial charge in [0.25, 0.3) is 5.91 Å². The lowest BCUT2D eigenvalue weighted by molar-refractivity contribution is -0.141. The van der Waals surface area contributed by atoms with Crippen molar-refractivity contribution in [2.75, 3.05) is 20.1 Å². The number of amides is 6. The van der Waals surface area contributed by atoms with Crippen molar-refractivity contribution in [2.24, 2.45) is 5.92 Å².